The van der Waals surface area contributed by atoms with Crippen LogP contribution in [-0.4, -0.2) is 23.4 Å². The third-order valence-corrected chi connectivity index (χ3v) is 2.11. The van der Waals surface area contributed by atoms with Gasteiger partial charge in [-0.3, -0.25) is 10.1 Å². The Morgan fingerprint density at radius 2 is 2.25 bits per heavy atom. The van der Waals surface area contributed by atoms with Gasteiger partial charge in [0.25, 0.3) is 5.69 Å². The summed E-state index contributed by atoms with van der Waals surface area (Å²) in [5.41, 5.74) is 0.557. The normalized spacial score (nSPS) is 9.88. The number of benzene rings is 1. The van der Waals surface area contributed by atoms with Gasteiger partial charge in [-0.1, -0.05) is 6.07 Å². The number of ether oxygens (including phenoxy) is 1. The number of halogens is 1. The molecule has 6 heteroatoms. The van der Waals surface area contributed by atoms with Crippen LogP contribution in [0.3, 0.4) is 0 Å². The zero-order valence-electron chi connectivity index (χ0n) is 8.60. The highest BCUT2D eigenvalue weighted by Crippen LogP contribution is 2.19. The minimum absolute atomic E-state index is 0.0854. The Morgan fingerprint density at radius 1 is 1.56 bits per heavy atom. The maximum Gasteiger partial charge on any atom is 0.338 e. The van der Waals surface area contributed by atoms with E-state index in [4.69, 9.17) is 16.3 Å². The van der Waals surface area contributed by atoms with Crippen molar-refractivity contribution in [2.75, 3.05) is 12.5 Å². The first-order valence-electron chi connectivity index (χ1n) is 4.54. The minimum atomic E-state index is -0.608. The lowest BCUT2D eigenvalue weighted by molar-refractivity contribution is -0.385. The van der Waals surface area contributed by atoms with Gasteiger partial charge in [-0.05, 0) is 13.0 Å². The molecule has 0 saturated heterocycles. The Morgan fingerprint density at radius 3 is 2.81 bits per heavy atom. The standard InChI is InChI=1S/C10H10ClNO4/c1-7-2-3-8(6-9(7)12(14)15)10(13)16-5-4-11/h2-3,6H,4-5H2,1H3. The Labute approximate surface area is 97.1 Å². The van der Waals surface area contributed by atoms with Crippen LogP contribution in [0.2, 0.25) is 0 Å². The molecule has 0 bridgehead atoms. The first-order chi connectivity index (χ1) is 7.56. The molecule has 16 heavy (non-hydrogen) atoms. The fraction of sp³-hybridized carbons (Fsp3) is 0.300. The van der Waals surface area contributed by atoms with Gasteiger partial charge in [-0.2, -0.15) is 0 Å². The average Bonchev–Trinajstić information content (AvgIpc) is 2.26. The van der Waals surface area contributed by atoms with Gasteiger partial charge >= 0.3 is 5.97 Å². The highest BCUT2D eigenvalue weighted by molar-refractivity contribution is 6.18. The minimum Gasteiger partial charge on any atom is -0.461 e. The monoisotopic (exact) mass is 243 g/mol. The second-order valence-corrected chi connectivity index (χ2v) is 3.46. The third kappa shape index (κ3) is 2.93. The molecule has 0 amide bonds. The van der Waals surface area contributed by atoms with Gasteiger partial charge in [0.15, 0.2) is 0 Å². The number of alkyl halides is 1. The molecule has 0 unspecified atom stereocenters. The second kappa shape index (κ2) is 5.46. The Kier molecular flexibility index (Phi) is 4.25. The molecule has 0 aromatic heterocycles. The average molecular weight is 244 g/mol. The summed E-state index contributed by atoms with van der Waals surface area (Å²) in [6.45, 7) is 1.69. The Bertz CT molecular complexity index is 419. The summed E-state index contributed by atoms with van der Waals surface area (Å²) in [4.78, 5) is 21.5. The number of esters is 1. The van der Waals surface area contributed by atoms with Crippen molar-refractivity contribution in [1.82, 2.24) is 0 Å². The lowest BCUT2D eigenvalue weighted by Crippen LogP contribution is -2.07. The molecule has 0 atom stereocenters. The molecule has 0 radical (unpaired) electrons. The molecular formula is C10H10ClNO4. The lowest BCUT2D eigenvalue weighted by atomic mass is 10.1. The van der Waals surface area contributed by atoms with E-state index in [1.165, 1.54) is 18.2 Å². The third-order valence-electron chi connectivity index (χ3n) is 1.95. The maximum atomic E-state index is 11.4. The zero-order valence-corrected chi connectivity index (χ0v) is 9.36. The first-order valence-corrected chi connectivity index (χ1v) is 5.08. The molecule has 0 spiro atoms. The number of hydrogen-bond acceptors (Lipinski definition) is 4. The van der Waals surface area contributed by atoms with Gasteiger partial charge in [0, 0.05) is 11.6 Å². The molecule has 1 aromatic carbocycles. The molecular weight excluding hydrogens is 234 g/mol. The Hall–Kier alpha value is -1.62. The summed E-state index contributed by atoms with van der Waals surface area (Å²) in [5, 5.41) is 10.6. The molecule has 0 aliphatic carbocycles. The summed E-state index contributed by atoms with van der Waals surface area (Å²) in [7, 11) is 0. The largest absolute Gasteiger partial charge is 0.461 e. The summed E-state index contributed by atoms with van der Waals surface area (Å²) in [6.07, 6.45) is 0. The fourth-order valence-electron chi connectivity index (χ4n) is 1.15. The van der Waals surface area contributed by atoms with Crippen molar-refractivity contribution in [3.8, 4) is 0 Å². The molecule has 0 aliphatic heterocycles. The molecule has 1 rings (SSSR count). The van der Waals surface area contributed by atoms with Gasteiger partial charge < -0.3 is 4.74 Å². The number of aryl methyl sites for hydroxylation is 1. The van der Waals surface area contributed by atoms with Gasteiger partial charge in [-0.25, -0.2) is 4.79 Å². The molecule has 0 aliphatic rings. The van der Waals surface area contributed by atoms with E-state index in [0.29, 0.717) is 5.56 Å². The molecule has 0 N–H and O–H groups in total. The first kappa shape index (κ1) is 12.4. The van der Waals surface area contributed by atoms with Crippen LogP contribution in [0.1, 0.15) is 15.9 Å². The van der Waals surface area contributed by atoms with E-state index in [-0.39, 0.29) is 23.7 Å². The SMILES string of the molecule is Cc1ccc(C(=O)OCCCl)cc1[N+](=O)[O-]. The van der Waals surface area contributed by atoms with Crippen molar-refractivity contribution >= 4 is 23.3 Å². The highest BCUT2D eigenvalue weighted by atomic mass is 35.5. The predicted octanol–water partition coefficient (Wildman–Crippen LogP) is 2.30. The molecule has 86 valence electrons. The molecule has 0 saturated carbocycles. The number of nitro groups is 1. The van der Waals surface area contributed by atoms with Gasteiger partial charge in [0.1, 0.15) is 6.61 Å². The van der Waals surface area contributed by atoms with Crippen molar-refractivity contribution in [3.63, 3.8) is 0 Å². The van der Waals surface area contributed by atoms with Crippen molar-refractivity contribution in [3.05, 3.63) is 39.4 Å². The molecule has 5 nitrogen and oxygen atoms in total. The van der Waals surface area contributed by atoms with E-state index in [2.05, 4.69) is 0 Å². The van der Waals surface area contributed by atoms with E-state index < -0.39 is 10.9 Å². The molecule has 1 aromatic rings. The summed E-state index contributed by atoms with van der Waals surface area (Å²) in [5.74, 6) is -0.413. The maximum absolute atomic E-state index is 11.4. The molecule has 0 fully saturated rings. The van der Waals surface area contributed by atoms with Crippen molar-refractivity contribution < 1.29 is 14.5 Å². The van der Waals surface area contributed by atoms with Gasteiger partial charge in [-0.15, -0.1) is 11.6 Å². The van der Waals surface area contributed by atoms with Gasteiger partial charge in [0.05, 0.1) is 16.4 Å². The highest BCUT2D eigenvalue weighted by Gasteiger charge is 2.15. The zero-order chi connectivity index (χ0) is 12.1. The molecule has 0 heterocycles. The van der Waals surface area contributed by atoms with Crippen LogP contribution < -0.4 is 0 Å². The predicted molar refractivity (Wildman–Crippen MR) is 58.8 cm³/mol. The van der Waals surface area contributed by atoms with Crippen molar-refractivity contribution in [2.45, 2.75) is 6.92 Å². The Balaban J connectivity index is 2.94. The van der Waals surface area contributed by atoms with Crippen LogP contribution in [0.4, 0.5) is 5.69 Å². The quantitative estimate of drug-likeness (QED) is 0.352. The number of nitrogens with zero attached hydrogens (tertiary/aromatic N) is 1. The van der Waals surface area contributed by atoms with Crippen molar-refractivity contribution in [1.29, 1.82) is 0 Å². The topological polar surface area (TPSA) is 69.4 Å². The van der Waals surface area contributed by atoms with E-state index in [1.54, 1.807) is 6.92 Å². The van der Waals surface area contributed by atoms with E-state index in [9.17, 15) is 14.9 Å². The van der Waals surface area contributed by atoms with Crippen LogP contribution in [0.15, 0.2) is 18.2 Å². The smallest absolute Gasteiger partial charge is 0.338 e. The lowest BCUT2D eigenvalue weighted by Gasteiger charge is -2.03. The number of rotatable bonds is 4. The van der Waals surface area contributed by atoms with Crippen LogP contribution in [-0.2, 0) is 4.74 Å². The van der Waals surface area contributed by atoms with Crippen LogP contribution in [0, 0.1) is 17.0 Å². The van der Waals surface area contributed by atoms with Crippen LogP contribution >= 0.6 is 11.6 Å². The summed E-state index contributed by atoms with van der Waals surface area (Å²) >= 11 is 5.35. The number of nitro benzene ring substituents is 1. The van der Waals surface area contributed by atoms with Crippen molar-refractivity contribution in [2.24, 2.45) is 0 Å². The summed E-state index contributed by atoms with van der Waals surface area (Å²) < 4.78 is 4.76. The summed E-state index contributed by atoms with van der Waals surface area (Å²) in [6, 6.07) is 4.19. The van der Waals surface area contributed by atoms with E-state index >= 15 is 0 Å². The van der Waals surface area contributed by atoms with E-state index in [0.717, 1.165) is 0 Å². The number of carbonyl (C=O) groups is 1. The van der Waals surface area contributed by atoms with Crippen LogP contribution in [0.25, 0.3) is 0 Å². The number of hydrogen-bond donors (Lipinski definition) is 0. The second-order valence-electron chi connectivity index (χ2n) is 3.08. The van der Waals surface area contributed by atoms with Gasteiger partial charge in [0.2, 0.25) is 0 Å². The van der Waals surface area contributed by atoms with E-state index in [1.807, 2.05) is 0 Å². The fourth-order valence-corrected chi connectivity index (χ4v) is 1.22. The number of carbonyl (C=O) groups excluding carboxylic acids is 1. The van der Waals surface area contributed by atoms with Crippen LogP contribution in [0.5, 0.6) is 0 Å².